The summed E-state index contributed by atoms with van der Waals surface area (Å²) in [6, 6.07) is 9.76. The second-order valence-corrected chi connectivity index (χ2v) is 7.37. The summed E-state index contributed by atoms with van der Waals surface area (Å²) in [6.45, 7) is 10.4. The SMILES string of the molecule is CCNC(CCc1ccc(C)cc1)C1CC(C)CC(C)C1. The maximum absolute atomic E-state index is 3.78. The van der Waals surface area contributed by atoms with Gasteiger partial charge in [-0.15, -0.1) is 0 Å². The Bertz CT molecular complexity index is 398. The zero-order valence-electron chi connectivity index (χ0n) is 14.4. The minimum absolute atomic E-state index is 0.696. The van der Waals surface area contributed by atoms with Crippen LogP contribution in [-0.4, -0.2) is 12.6 Å². The van der Waals surface area contributed by atoms with Crippen molar-refractivity contribution < 1.29 is 0 Å². The average Bonchev–Trinajstić information content (AvgIpc) is 2.44. The molecular weight excluding hydrogens is 254 g/mol. The summed E-state index contributed by atoms with van der Waals surface area (Å²) < 4.78 is 0. The first-order chi connectivity index (χ1) is 10.1. The van der Waals surface area contributed by atoms with E-state index in [1.807, 2.05) is 0 Å². The van der Waals surface area contributed by atoms with Gasteiger partial charge in [0.25, 0.3) is 0 Å². The Morgan fingerprint density at radius 2 is 1.67 bits per heavy atom. The second-order valence-electron chi connectivity index (χ2n) is 7.37. The van der Waals surface area contributed by atoms with Crippen molar-refractivity contribution in [3.8, 4) is 0 Å². The lowest BCUT2D eigenvalue weighted by molar-refractivity contribution is 0.172. The third-order valence-electron chi connectivity index (χ3n) is 5.11. The van der Waals surface area contributed by atoms with Crippen LogP contribution in [0.1, 0.15) is 57.6 Å². The van der Waals surface area contributed by atoms with E-state index in [0.717, 1.165) is 24.3 Å². The molecule has 3 atom stereocenters. The van der Waals surface area contributed by atoms with Crippen LogP contribution in [0.25, 0.3) is 0 Å². The molecule has 1 aromatic rings. The highest BCUT2D eigenvalue weighted by Gasteiger charge is 2.29. The monoisotopic (exact) mass is 287 g/mol. The van der Waals surface area contributed by atoms with Gasteiger partial charge in [-0.1, -0.05) is 50.6 Å². The minimum atomic E-state index is 0.696. The van der Waals surface area contributed by atoms with E-state index in [9.17, 15) is 0 Å². The maximum Gasteiger partial charge on any atom is 0.00985 e. The zero-order chi connectivity index (χ0) is 15.2. The summed E-state index contributed by atoms with van der Waals surface area (Å²) in [7, 11) is 0. The van der Waals surface area contributed by atoms with Crippen LogP contribution in [0.5, 0.6) is 0 Å². The summed E-state index contributed by atoms with van der Waals surface area (Å²) in [5.41, 5.74) is 2.84. The van der Waals surface area contributed by atoms with E-state index in [0.29, 0.717) is 6.04 Å². The molecule has 0 amide bonds. The van der Waals surface area contributed by atoms with Crippen LogP contribution in [0.3, 0.4) is 0 Å². The fourth-order valence-electron chi connectivity index (χ4n) is 4.18. The Balaban J connectivity index is 1.93. The summed E-state index contributed by atoms with van der Waals surface area (Å²) in [6.07, 6.45) is 6.73. The topological polar surface area (TPSA) is 12.0 Å². The molecule has 1 aliphatic rings. The van der Waals surface area contributed by atoms with Crippen molar-refractivity contribution in [3.63, 3.8) is 0 Å². The van der Waals surface area contributed by atoms with Gasteiger partial charge in [0.2, 0.25) is 0 Å². The number of aryl methyl sites for hydroxylation is 2. The molecule has 0 bridgehead atoms. The Morgan fingerprint density at radius 3 is 2.24 bits per heavy atom. The average molecular weight is 287 g/mol. The van der Waals surface area contributed by atoms with Gasteiger partial charge < -0.3 is 5.32 Å². The van der Waals surface area contributed by atoms with Gasteiger partial charge in [-0.2, -0.15) is 0 Å². The number of hydrogen-bond donors (Lipinski definition) is 1. The van der Waals surface area contributed by atoms with Gasteiger partial charge in [-0.3, -0.25) is 0 Å². The minimum Gasteiger partial charge on any atom is -0.314 e. The predicted octanol–water partition coefficient (Wildman–Crippen LogP) is 4.98. The fraction of sp³-hybridized carbons (Fsp3) is 0.700. The Morgan fingerprint density at radius 1 is 1.05 bits per heavy atom. The van der Waals surface area contributed by atoms with Gasteiger partial charge in [0.05, 0.1) is 0 Å². The van der Waals surface area contributed by atoms with Crippen molar-refractivity contribution in [2.24, 2.45) is 17.8 Å². The number of benzene rings is 1. The summed E-state index contributed by atoms with van der Waals surface area (Å²) >= 11 is 0. The molecule has 21 heavy (non-hydrogen) atoms. The first kappa shape index (κ1) is 16.5. The molecule has 1 fully saturated rings. The molecule has 1 nitrogen and oxygen atoms in total. The summed E-state index contributed by atoms with van der Waals surface area (Å²) in [4.78, 5) is 0. The van der Waals surface area contributed by atoms with Crippen molar-refractivity contribution in [1.29, 1.82) is 0 Å². The lowest BCUT2D eigenvalue weighted by atomic mass is 9.73. The highest BCUT2D eigenvalue weighted by Crippen LogP contribution is 2.35. The van der Waals surface area contributed by atoms with Crippen LogP contribution >= 0.6 is 0 Å². The number of hydrogen-bond acceptors (Lipinski definition) is 1. The zero-order valence-corrected chi connectivity index (χ0v) is 14.4. The van der Waals surface area contributed by atoms with Crippen LogP contribution in [0.15, 0.2) is 24.3 Å². The molecule has 1 N–H and O–H groups in total. The summed E-state index contributed by atoms with van der Waals surface area (Å²) in [5.74, 6) is 2.67. The van der Waals surface area contributed by atoms with Crippen molar-refractivity contribution in [3.05, 3.63) is 35.4 Å². The molecule has 0 heterocycles. The van der Waals surface area contributed by atoms with Crippen molar-refractivity contribution in [2.45, 2.75) is 65.8 Å². The highest BCUT2D eigenvalue weighted by molar-refractivity contribution is 5.21. The summed E-state index contributed by atoms with van der Waals surface area (Å²) in [5, 5.41) is 3.78. The van der Waals surface area contributed by atoms with Crippen LogP contribution in [0.2, 0.25) is 0 Å². The molecule has 0 spiro atoms. The lowest BCUT2D eigenvalue weighted by Gasteiger charge is -2.37. The van der Waals surface area contributed by atoms with Gasteiger partial charge >= 0.3 is 0 Å². The first-order valence-corrected chi connectivity index (χ1v) is 8.87. The Kier molecular flexibility index (Phi) is 6.29. The van der Waals surface area contributed by atoms with Crippen molar-refractivity contribution in [1.82, 2.24) is 5.32 Å². The molecule has 1 aromatic carbocycles. The quantitative estimate of drug-likeness (QED) is 0.778. The van der Waals surface area contributed by atoms with Crippen LogP contribution in [0.4, 0.5) is 0 Å². The van der Waals surface area contributed by atoms with Crippen LogP contribution in [-0.2, 0) is 6.42 Å². The number of rotatable bonds is 6. The van der Waals surface area contributed by atoms with Gasteiger partial charge in [0.1, 0.15) is 0 Å². The molecule has 0 aliphatic heterocycles. The fourth-order valence-corrected chi connectivity index (χ4v) is 4.18. The normalized spacial score (nSPS) is 27.5. The molecule has 0 aromatic heterocycles. The van der Waals surface area contributed by atoms with E-state index in [1.54, 1.807) is 0 Å². The first-order valence-electron chi connectivity index (χ1n) is 8.87. The van der Waals surface area contributed by atoms with Gasteiger partial charge in [0.15, 0.2) is 0 Å². The molecule has 1 saturated carbocycles. The van der Waals surface area contributed by atoms with Crippen LogP contribution < -0.4 is 5.32 Å². The molecule has 2 rings (SSSR count). The second kappa shape index (κ2) is 7.98. The number of nitrogens with one attached hydrogen (secondary N) is 1. The van der Waals surface area contributed by atoms with Gasteiger partial charge in [0, 0.05) is 6.04 Å². The largest absolute Gasteiger partial charge is 0.314 e. The smallest absolute Gasteiger partial charge is 0.00985 e. The lowest BCUT2D eigenvalue weighted by Crippen LogP contribution is -2.40. The molecule has 1 heteroatoms. The molecule has 0 saturated heterocycles. The van der Waals surface area contributed by atoms with E-state index in [-0.39, 0.29) is 0 Å². The highest BCUT2D eigenvalue weighted by atomic mass is 14.9. The standard InChI is InChI=1S/C20H33N/c1-5-21-20(19-13-16(3)12-17(4)14-19)11-10-18-8-6-15(2)7-9-18/h6-9,16-17,19-21H,5,10-14H2,1-4H3. The Hall–Kier alpha value is -0.820. The third-order valence-corrected chi connectivity index (χ3v) is 5.11. The molecule has 0 radical (unpaired) electrons. The molecule has 1 aliphatic carbocycles. The van der Waals surface area contributed by atoms with Gasteiger partial charge in [-0.25, -0.2) is 0 Å². The van der Waals surface area contributed by atoms with E-state index in [2.05, 4.69) is 57.3 Å². The Labute approximate surface area is 131 Å². The van der Waals surface area contributed by atoms with E-state index in [1.165, 1.54) is 43.2 Å². The maximum atomic E-state index is 3.78. The van der Waals surface area contributed by atoms with E-state index >= 15 is 0 Å². The molecule has 3 unspecified atom stereocenters. The van der Waals surface area contributed by atoms with Crippen molar-refractivity contribution in [2.75, 3.05) is 6.54 Å². The molecule has 118 valence electrons. The van der Waals surface area contributed by atoms with E-state index in [4.69, 9.17) is 0 Å². The van der Waals surface area contributed by atoms with Crippen molar-refractivity contribution >= 4 is 0 Å². The predicted molar refractivity (Wildman–Crippen MR) is 92.6 cm³/mol. The van der Waals surface area contributed by atoms with Crippen LogP contribution in [0, 0.1) is 24.7 Å². The van der Waals surface area contributed by atoms with Gasteiger partial charge in [-0.05, 0) is 68.9 Å². The molecular formula is C20H33N. The van der Waals surface area contributed by atoms with E-state index < -0.39 is 0 Å². The third kappa shape index (κ3) is 5.14.